The van der Waals surface area contributed by atoms with E-state index in [0.717, 1.165) is 5.56 Å². The standard InChI is InChI=1S/C16H15F3O4/c17-16(18,19)22-13(20)12-11(8-9-15(12)14(21)23-15)7-6-10-4-2-1-3-5-10/h1-5,11-12H,6-9H2. The van der Waals surface area contributed by atoms with Crippen LogP contribution < -0.4 is 0 Å². The number of hydrogen-bond acceptors (Lipinski definition) is 4. The Kier molecular flexibility index (Phi) is 3.82. The van der Waals surface area contributed by atoms with Crippen LogP contribution >= 0.6 is 0 Å². The third-order valence-corrected chi connectivity index (χ3v) is 4.56. The van der Waals surface area contributed by atoms with Gasteiger partial charge in [0, 0.05) is 0 Å². The second kappa shape index (κ2) is 5.54. The van der Waals surface area contributed by atoms with Gasteiger partial charge in [0.15, 0.2) is 0 Å². The molecular formula is C16H15F3O4. The zero-order chi connectivity index (χ0) is 16.7. The molecule has 0 N–H and O–H groups in total. The smallest absolute Gasteiger partial charge is 0.443 e. The SMILES string of the molecule is O=C(OC(F)(F)F)C1C(CCc2ccccc2)CCC12OC2=O. The Balaban J connectivity index is 1.71. The van der Waals surface area contributed by atoms with Gasteiger partial charge in [0.25, 0.3) is 0 Å². The molecule has 7 heteroatoms. The molecule has 124 valence electrons. The van der Waals surface area contributed by atoms with E-state index in [0.29, 0.717) is 19.3 Å². The first-order valence-electron chi connectivity index (χ1n) is 7.39. The lowest BCUT2D eigenvalue weighted by atomic mass is 9.85. The number of aryl methyl sites for hydroxylation is 1. The summed E-state index contributed by atoms with van der Waals surface area (Å²) in [4.78, 5) is 23.4. The number of ether oxygens (including phenoxy) is 2. The van der Waals surface area contributed by atoms with Crippen LogP contribution in [-0.4, -0.2) is 23.9 Å². The lowest BCUT2D eigenvalue weighted by Gasteiger charge is -2.20. The minimum atomic E-state index is -5.05. The van der Waals surface area contributed by atoms with Gasteiger partial charge in [-0.3, -0.25) is 4.79 Å². The maximum Gasteiger partial charge on any atom is 0.575 e. The Morgan fingerprint density at radius 3 is 2.52 bits per heavy atom. The topological polar surface area (TPSA) is 55.9 Å². The van der Waals surface area contributed by atoms with Crippen LogP contribution in [0.1, 0.15) is 24.8 Å². The summed E-state index contributed by atoms with van der Waals surface area (Å²) in [5.74, 6) is -3.57. The molecular weight excluding hydrogens is 313 g/mol. The van der Waals surface area contributed by atoms with Crippen molar-refractivity contribution in [2.24, 2.45) is 11.8 Å². The van der Waals surface area contributed by atoms with Gasteiger partial charge >= 0.3 is 18.3 Å². The predicted octanol–water partition coefficient (Wildman–Crippen LogP) is 3.00. The van der Waals surface area contributed by atoms with Crippen molar-refractivity contribution in [3.05, 3.63) is 35.9 Å². The van der Waals surface area contributed by atoms with E-state index >= 15 is 0 Å². The molecule has 23 heavy (non-hydrogen) atoms. The monoisotopic (exact) mass is 328 g/mol. The van der Waals surface area contributed by atoms with Gasteiger partial charge in [0.2, 0.25) is 5.60 Å². The van der Waals surface area contributed by atoms with Crippen molar-refractivity contribution in [2.75, 3.05) is 0 Å². The zero-order valence-electron chi connectivity index (χ0n) is 12.1. The highest BCUT2D eigenvalue weighted by atomic mass is 19.4. The maximum absolute atomic E-state index is 12.3. The first kappa shape index (κ1) is 15.8. The summed E-state index contributed by atoms with van der Waals surface area (Å²) in [6.45, 7) is 0. The van der Waals surface area contributed by atoms with Crippen LogP contribution in [0.4, 0.5) is 13.2 Å². The van der Waals surface area contributed by atoms with E-state index in [1.165, 1.54) is 0 Å². The molecule has 1 aliphatic carbocycles. The second-order valence-corrected chi connectivity index (χ2v) is 5.95. The van der Waals surface area contributed by atoms with Crippen molar-refractivity contribution in [3.63, 3.8) is 0 Å². The Morgan fingerprint density at radius 2 is 1.96 bits per heavy atom. The minimum absolute atomic E-state index is 0.267. The summed E-state index contributed by atoms with van der Waals surface area (Å²) in [7, 11) is 0. The molecule has 2 aliphatic rings. The Labute approximate surface area is 130 Å². The molecule has 1 saturated carbocycles. The summed E-state index contributed by atoms with van der Waals surface area (Å²) >= 11 is 0. The summed E-state index contributed by atoms with van der Waals surface area (Å²) in [6, 6.07) is 9.43. The van der Waals surface area contributed by atoms with Crippen LogP contribution in [-0.2, 0) is 25.5 Å². The fourth-order valence-electron chi connectivity index (χ4n) is 3.45. The largest absolute Gasteiger partial charge is 0.575 e. The number of carbonyl (C=O) groups is 2. The van der Waals surface area contributed by atoms with Gasteiger partial charge in [0.1, 0.15) is 5.92 Å². The molecule has 0 amide bonds. The number of esters is 1. The van der Waals surface area contributed by atoms with Crippen LogP contribution in [0.3, 0.4) is 0 Å². The van der Waals surface area contributed by atoms with Gasteiger partial charge in [-0.05, 0) is 37.2 Å². The number of alkyl halides is 3. The van der Waals surface area contributed by atoms with Crippen molar-refractivity contribution in [3.8, 4) is 0 Å². The first-order valence-corrected chi connectivity index (χ1v) is 7.39. The van der Waals surface area contributed by atoms with Crippen LogP contribution in [0.2, 0.25) is 0 Å². The van der Waals surface area contributed by atoms with Gasteiger partial charge in [-0.2, -0.15) is 0 Å². The van der Waals surface area contributed by atoms with E-state index < -0.39 is 29.8 Å². The van der Waals surface area contributed by atoms with Gasteiger partial charge < -0.3 is 9.47 Å². The predicted molar refractivity (Wildman–Crippen MR) is 71.9 cm³/mol. The quantitative estimate of drug-likeness (QED) is 0.630. The number of carbonyl (C=O) groups excluding carboxylic acids is 2. The number of epoxide rings is 1. The molecule has 3 rings (SSSR count). The molecule has 0 radical (unpaired) electrons. The highest BCUT2D eigenvalue weighted by Gasteiger charge is 2.71. The second-order valence-electron chi connectivity index (χ2n) is 5.95. The molecule has 1 saturated heterocycles. The summed E-state index contributed by atoms with van der Waals surface area (Å²) in [6.07, 6.45) is -3.20. The van der Waals surface area contributed by atoms with Crippen molar-refractivity contribution in [1.82, 2.24) is 0 Å². The summed E-state index contributed by atoms with van der Waals surface area (Å²) in [5, 5.41) is 0. The Morgan fingerprint density at radius 1 is 1.30 bits per heavy atom. The zero-order valence-corrected chi connectivity index (χ0v) is 12.1. The van der Waals surface area contributed by atoms with Crippen molar-refractivity contribution in [2.45, 2.75) is 37.6 Å². The van der Waals surface area contributed by atoms with E-state index in [1.54, 1.807) is 0 Å². The minimum Gasteiger partial charge on any atom is -0.443 e. The molecule has 1 spiro atoms. The average molecular weight is 328 g/mol. The van der Waals surface area contributed by atoms with Crippen molar-refractivity contribution < 1.29 is 32.2 Å². The van der Waals surface area contributed by atoms with Crippen LogP contribution in [0.25, 0.3) is 0 Å². The van der Waals surface area contributed by atoms with E-state index in [-0.39, 0.29) is 12.3 Å². The van der Waals surface area contributed by atoms with Gasteiger partial charge in [-0.1, -0.05) is 30.3 Å². The van der Waals surface area contributed by atoms with E-state index in [4.69, 9.17) is 4.74 Å². The average Bonchev–Trinajstić information content (AvgIpc) is 2.95. The number of halogens is 3. The molecule has 1 aliphatic heterocycles. The molecule has 0 bridgehead atoms. The molecule has 4 nitrogen and oxygen atoms in total. The van der Waals surface area contributed by atoms with Crippen molar-refractivity contribution >= 4 is 11.9 Å². The molecule has 2 fully saturated rings. The summed E-state index contributed by atoms with van der Waals surface area (Å²) in [5.41, 5.74) is -0.358. The Hall–Kier alpha value is -2.05. The maximum atomic E-state index is 12.3. The number of rotatable bonds is 4. The molecule has 1 aromatic carbocycles. The van der Waals surface area contributed by atoms with Crippen LogP contribution in [0.15, 0.2) is 30.3 Å². The molecule has 3 unspecified atom stereocenters. The molecule has 3 atom stereocenters. The van der Waals surface area contributed by atoms with Crippen molar-refractivity contribution in [1.29, 1.82) is 0 Å². The molecule has 1 aromatic rings. The lowest BCUT2D eigenvalue weighted by molar-refractivity contribution is -0.308. The molecule has 0 aromatic heterocycles. The van der Waals surface area contributed by atoms with Gasteiger partial charge in [-0.15, -0.1) is 13.2 Å². The van der Waals surface area contributed by atoms with Gasteiger partial charge in [-0.25, -0.2) is 4.79 Å². The number of benzene rings is 1. The highest BCUT2D eigenvalue weighted by molar-refractivity contribution is 5.99. The van der Waals surface area contributed by atoms with Crippen LogP contribution in [0.5, 0.6) is 0 Å². The van der Waals surface area contributed by atoms with E-state index in [2.05, 4.69) is 4.74 Å². The third kappa shape index (κ3) is 3.18. The van der Waals surface area contributed by atoms with Crippen LogP contribution in [0, 0.1) is 11.8 Å². The number of hydrogen-bond donors (Lipinski definition) is 0. The highest BCUT2D eigenvalue weighted by Crippen LogP contribution is 2.54. The summed E-state index contributed by atoms with van der Waals surface area (Å²) < 4.78 is 45.5. The van der Waals surface area contributed by atoms with Gasteiger partial charge in [0.05, 0.1) is 0 Å². The molecule has 1 heterocycles. The normalized spacial score (nSPS) is 29.4. The van der Waals surface area contributed by atoms with E-state index in [9.17, 15) is 22.8 Å². The van der Waals surface area contributed by atoms with E-state index in [1.807, 2.05) is 30.3 Å². The first-order chi connectivity index (χ1) is 10.8. The Bertz CT molecular complexity index is 614. The fourth-order valence-corrected chi connectivity index (χ4v) is 3.45. The third-order valence-electron chi connectivity index (χ3n) is 4.56. The lowest BCUT2D eigenvalue weighted by Crippen LogP contribution is -2.36. The fraction of sp³-hybridized carbons (Fsp3) is 0.500.